The van der Waals surface area contributed by atoms with Gasteiger partial charge in [0.15, 0.2) is 0 Å². The molecule has 0 spiro atoms. The normalized spacial score (nSPS) is 12.2. The molecule has 1 radical (unpaired) electrons. The molecule has 0 heterocycles. The van der Waals surface area contributed by atoms with Gasteiger partial charge >= 0.3 is 0 Å². The van der Waals surface area contributed by atoms with Gasteiger partial charge in [-0.25, -0.2) is 0 Å². The Balaban J connectivity index is 4.05. The minimum absolute atomic E-state index is 1.30. The Morgan fingerprint density at radius 3 is 0.574 bits per heavy atom. The lowest BCUT2D eigenvalue weighted by molar-refractivity contribution is 0.511. The van der Waals surface area contributed by atoms with Gasteiger partial charge in [0.2, 0.25) is 0 Å². The number of unbranched alkanes of at least 4 members (excludes halogenated alkanes) is 35. The molecular weight excluding hydrogens is 649 g/mol. The third kappa shape index (κ3) is 47.4. The lowest BCUT2D eigenvalue weighted by Crippen LogP contribution is -1.99. The first-order valence-electron chi connectivity index (χ1n) is 25.6. The zero-order valence-corrected chi connectivity index (χ0v) is 38.1. The van der Waals surface area contributed by atoms with Crippen LogP contribution in [-0.4, -0.2) is 0 Å². The Morgan fingerprint density at radius 2 is 0.370 bits per heavy atom. The molecule has 0 heteroatoms. The van der Waals surface area contributed by atoms with Gasteiger partial charge in [-0.2, -0.15) is 0 Å². The summed E-state index contributed by atoms with van der Waals surface area (Å²) < 4.78 is 0. The van der Waals surface area contributed by atoms with Gasteiger partial charge in [-0.05, 0) is 102 Å². The van der Waals surface area contributed by atoms with E-state index in [0.717, 1.165) is 0 Å². The van der Waals surface area contributed by atoms with Gasteiger partial charge in [-0.1, -0.05) is 243 Å². The summed E-state index contributed by atoms with van der Waals surface area (Å²) in [5.41, 5.74) is 0. The second-order valence-corrected chi connectivity index (χ2v) is 17.5. The predicted molar refractivity (Wildman–Crippen MR) is 251 cm³/mol. The quantitative estimate of drug-likeness (QED) is 0.0429. The van der Waals surface area contributed by atoms with E-state index in [1.54, 1.807) is 0 Å². The summed E-state index contributed by atoms with van der Waals surface area (Å²) in [4.78, 5) is 0. The van der Waals surface area contributed by atoms with Crippen molar-refractivity contribution >= 4 is 0 Å². The smallest absolute Gasteiger partial charge is 0.0241 e. The minimum atomic E-state index is 1.30. The van der Waals surface area contributed by atoms with Crippen molar-refractivity contribution in [3.05, 3.63) is 42.4 Å². The molecule has 0 bridgehead atoms. The van der Waals surface area contributed by atoms with Gasteiger partial charge in [-0.15, -0.1) is 0 Å². The highest BCUT2D eigenvalue weighted by molar-refractivity contribution is 4.89. The highest BCUT2D eigenvalue weighted by atomic mass is 14.1. The molecule has 0 aliphatic heterocycles. The van der Waals surface area contributed by atoms with Crippen LogP contribution in [0.4, 0.5) is 0 Å². The van der Waals surface area contributed by atoms with Crippen LogP contribution < -0.4 is 0 Å². The SMILES string of the molecule is CCCCCCCC/C=C\CCCCCCCC[C](CCCCCCC/C=C\CCCCCCCC)CCCCCCCC/C=C\CCCCCCCC. The number of allylic oxidation sites excluding steroid dienone is 6. The summed E-state index contributed by atoms with van der Waals surface area (Å²) in [5, 5.41) is 0. The Kier molecular flexibility index (Phi) is 49.5. The first kappa shape index (κ1) is 53.2. The van der Waals surface area contributed by atoms with E-state index in [2.05, 4.69) is 57.2 Å². The first-order valence-corrected chi connectivity index (χ1v) is 25.6. The molecule has 0 atom stereocenters. The zero-order chi connectivity index (χ0) is 38.9. The zero-order valence-electron chi connectivity index (χ0n) is 38.1. The monoisotopic (exact) mass is 752 g/mol. The van der Waals surface area contributed by atoms with Crippen molar-refractivity contribution in [1.82, 2.24) is 0 Å². The van der Waals surface area contributed by atoms with Crippen LogP contribution in [0.15, 0.2) is 36.5 Å². The van der Waals surface area contributed by atoms with Crippen molar-refractivity contribution in [2.45, 2.75) is 303 Å². The van der Waals surface area contributed by atoms with E-state index in [4.69, 9.17) is 0 Å². The molecular formula is C54H103. The third-order valence-electron chi connectivity index (χ3n) is 11.9. The largest absolute Gasteiger partial charge is 0.0885 e. The number of hydrogen-bond donors (Lipinski definition) is 0. The molecule has 0 aromatic rings. The van der Waals surface area contributed by atoms with Crippen LogP contribution in [0.3, 0.4) is 0 Å². The molecule has 0 aliphatic carbocycles. The van der Waals surface area contributed by atoms with Crippen molar-refractivity contribution in [2.24, 2.45) is 0 Å². The lowest BCUT2D eigenvalue weighted by atomic mass is 9.89. The lowest BCUT2D eigenvalue weighted by Gasteiger charge is -2.16. The van der Waals surface area contributed by atoms with Crippen LogP contribution in [-0.2, 0) is 0 Å². The molecule has 0 fully saturated rings. The number of hydrogen-bond acceptors (Lipinski definition) is 0. The summed E-state index contributed by atoms with van der Waals surface area (Å²) in [6.07, 6.45) is 76.8. The van der Waals surface area contributed by atoms with Crippen LogP contribution in [0.25, 0.3) is 0 Å². The average molecular weight is 752 g/mol. The molecule has 0 aromatic carbocycles. The van der Waals surface area contributed by atoms with Crippen molar-refractivity contribution in [3.8, 4) is 0 Å². The van der Waals surface area contributed by atoms with E-state index in [1.165, 1.54) is 283 Å². The minimum Gasteiger partial charge on any atom is -0.0885 e. The summed E-state index contributed by atoms with van der Waals surface area (Å²) in [7, 11) is 0. The molecule has 0 aromatic heterocycles. The molecule has 0 N–H and O–H groups in total. The summed E-state index contributed by atoms with van der Waals surface area (Å²) >= 11 is 0. The van der Waals surface area contributed by atoms with E-state index >= 15 is 0 Å². The van der Waals surface area contributed by atoms with Crippen LogP contribution in [0.2, 0.25) is 0 Å². The topological polar surface area (TPSA) is 0 Å². The fraction of sp³-hybridized carbons (Fsp3) is 0.870. The molecule has 54 heavy (non-hydrogen) atoms. The molecule has 0 saturated heterocycles. The van der Waals surface area contributed by atoms with Gasteiger partial charge in [0.25, 0.3) is 0 Å². The van der Waals surface area contributed by atoms with Gasteiger partial charge < -0.3 is 0 Å². The molecule has 0 saturated carbocycles. The Bertz CT molecular complexity index is 684. The second kappa shape index (κ2) is 50.2. The van der Waals surface area contributed by atoms with Crippen LogP contribution in [0.1, 0.15) is 303 Å². The van der Waals surface area contributed by atoms with Crippen LogP contribution >= 0.6 is 0 Å². The van der Waals surface area contributed by atoms with Gasteiger partial charge in [-0.3, -0.25) is 0 Å². The van der Waals surface area contributed by atoms with Gasteiger partial charge in [0.05, 0.1) is 0 Å². The molecule has 0 unspecified atom stereocenters. The molecule has 0 aliphatic rings. The van der Waals surface area contributed by atoms with Crippen molar-refractivity contribution in [1.29, 1.82) is 0 Å². The van der Waals surface area contributed by atoms with Crippen molar-refractivity contribution < 1.29 is 0 Å². The van der Waals surface area contributed by atoms with E-state index < -0.39 is 0 Å². The fourth-order valence-electron chi connectivity index (χ4n) is 8.07. The van der Waals surface area contributed by atoms with Gasteiger partial charge in [0, 0.05) is 0 Å². The number of rotatable bonds is 47. The van der Waals surface area contributed by atoms with Crippen LogP contribution in [0.5, 0.6) is 0 Å². The fourth-order valence-corrected chi connectivity index (χ4v) is 8.07. The van der Waals surface area contributed by atoms with E-state index in [1.807, 2.05) is 5.92 Å². The maximum Gasteiger partial charge on any atom is -0.0241 e. The summed E-state index contributed by atoms with van der Waals surface area (Å²) in [5.74, 6) is 1.93. The highest BCUT2D eigenvalue weighted by Crippen LogP contribution is 2.27. The Morgan fingerprint density at radius 1 is 0.204 bits per heavy atom. The highest BCUT2D eigenvalue weighted by Gasteiger charge is 2.09. The Hall–Kier alpha value is -0.780. The van der Waals surface area contributed by atoms with Crippen molar-refractivity contribution in [2.75, 3.05) is 0 Å². The van der Waals surface area contributed by atoms with Gasteiger partial charge in [0.1, 0.15) is 0 Å². The van der Waals surface area contributed by atoms with Crippen LogP contribution in [0, 0.1) is 5.92 Å². The first-order chi connectivity index (χ1) is 26.8. The van der Waals surface area contributed by atoms with Crippen molar-refractivity contribution in [3.63, 3.8) is 0 Å². The van der Waals surface area contributed by atoms with E-state index in [-0.39, 0.29) is 0 Å². The maximum atomic E-state index is 2.47. The standard InChI is InChI=1S/C54H103/c1-4-7-10-13-16-19-22-25-28-31-34-37-40-43-46-49-52-54(51-48-45-42-39-36-33-30-27-24-21-18-15-12-9-6-3)53-50-47-44-41-38-35-32-29-26-23-20-17-14-11-8-5-2/h25-30H,4-24,31-53H2,1-3H3/b28-25-,29-26-,30-27-. The maximum absolute atomic E-state index is 2.47. The summed E-state index contributed by atoms with van der Waals surface area (Å²) in [6.45, 7) is 6.92. The molecule has 0 amide bonds. The van der Waals surface area contributed by atoms with E-state index in [0.29, 0.717) is 0 Å². The molecule has 0 rings (SSSR count). The predicted octanol–water partition coefficient (Wildman–Crippen LogP) is 20.5. The average Bonchev–Trinajstić information content (AvgIpc) is 3.18. The Labute approximate surface area is 344 Å². The molecule has 0 nitrogen and oxygen atoms in total. The second-order valence-electron chi connectivity index (χ2n) is 17.5. The molecule has 319 valence electrons. The summed E-state index contributed by atoms with van der Waals surface area (Å²) in [6, 6.07) is 0. The van der Waals surface area contributed by atoms with E-state index in [9.17, 15) is 0 Å². The third-order valence-corrected chi connectivity index (χ3v) is 11.9.